The van der Waals surface area contributed by atoms with Gasteiger partial charge in [-0.05, 0) is 24.6 Å². The van der Waals surface area contributed by atoms with Gasteiger partial charge in [-0.1, -0.05) is 24.3 Å². The predicted molar refractivity (Wildman–Crippen MR) is 102 cm³/mol. The number of nitrogens with one attached hydrogen (secondary N) is 1. The average molecular weight is 418 g/mol. The SMILES string of the molecule is CCOC(=O)C[C@H](c1ccc([N+](=O)[O-])cc1)[C@H](NC(=O)c1ccccc1F)C(=O)O. The highest BCUT2D eigenvalue weighted by molar-refractivity contribution is 5.97. The van der Waals surface area contributed by atoms with Gasteiger partial charge in [0, 0.05) is 18.1 Å². The van der Waals surface area contributed by atoms with E-state index >= 15 is 0 Å². The molecule has 10 heteroatoms. The Bertz CT molecular complexity index is 946. The number of carboxylic acid groups (broad SMARTS) is 1. The lowest BCUT2D eigenvalue weighted by Gasteiger charge is -2.25. The van der Waals surface area contributed by atoms with Gasteiger partial charge in [-0.15, -0.1) is 0 Å². The van der Waals surface area contributed by atoms with Gasteiger partial charge in [0.25, 0.3) is 11.6 Å². The van der Waals surface area contributed by atoms with E-state index in [2.05, 4.69) is 5.32 Å². The number of rotatable bonds is 9. The topological polar surface area (TPSA) is 136 Å². The highest BCUT2D eigenvalue weighted by Gasteiger charge is 2.34. The summed E-state index contributed by atoms with van der Waals surface area (Å²) in [6.45, 7) is 1.64. The van der Waals surface area contributed by atoms with Gasteiger partial charge in [-0.3, -0.25) is 19.7 Å². The molecule has 0 aromatic heterocycles. The molecule has 2 atom stereocenters. The van der Waals surface area contributed by atoms with E-state index in [1.54, 1.807) is 6.92 Å². The number of nitro benzene ring substituents is 1. The van der Waals surface area contributed by atoms with Crippen molar-refractivity contribution in [2.45, 2.75) is 25.3 Å². The number of non-ortho nitro benzene ring substituents is 1. The number of carbonyl (C=O) groups excluding carboxylic acids is 2. The van der Waals surface area contributed by atoms with Crippen LogP contribution in [0.25, 0.3) is 0 Å². The lowest BCUT2D eigenvalue weighted by Crippen LogP contribution is -2.46. The van der Waals surface area contributed by atoms with Crippen LogP contribution in [0.4, 0.5) is 10.1 Å². The zero-order chi connectivity index (χ0) is 22.3. The Balaban J connectivity index is 2.39. The molecule has 1 amide bonds. The summed E-state index contributed by atoms with van der Waals surface area (Å²) in [6.07, 6.45) is -0.416. The predicted octanol–water partition coefficient (Wildman–Crippen LogP) is 2.65. The Morgan fingerprint density at radius 3 is 2.33 bits per heavy atom. The van der Waals surface area contributed by atoms with E-state index in [4.69, 9.17) is 4.74 Å². The number of aliphatic carboxylic acids is 1. The van der Waals surface area contributed by atoms with E-state index in [1.165, 1.54) is 30.3 Å². The molecule has 0 aliphatic carbocycles. The van der Waals surface area contributed by atoms with Gasteiger partial charge in [-0.25, -0.2) is 9.18 Å². The number of nitrogens with zero attached hydrogens (tertiary/aromatic N) is 1. The number of hydrogen-bond acceptors (Lipinski definition) is 6. The molecular weight excluding hydrogens is 399 g/mol. The zero-order valence-corrected chi connectivity index (χ0v) is 15.9. The molecule has 0 heterocycles. The molecule has 2 aromatic carbocycles. The van der Waals surface area contributed by atoms with E-state index < -0.39 is 47.0 Å². The van der Waals surface area contributed by atoms with Gasteiger partial charge in [0.15, 0.2) is 0 Å². The second-order valence-corrected chi connectivity index (χ2v) is 6.23. The van der Waals surface area contributed by atoms with Gasteiger partial charge in [0.1, 0.15) is 11.9 Å². The fourth-order valence-electron chi connectivity index (χ4n) is 2.87. The first-order chi connectivity index (χ1) is 14.2. The summed E-state index contributed by atoms with van der Waals surface area (Å²) < 4.78 is 18.8. The number of hydrogen-bond donors (Lipinski definition) is 2. The molecule has 9 nitrogen and oxygen atoms in total. The summed E-state index contributed by atoms with van der Waals surface area (Å²) in [6, 6.07) is 8.33. The van der Waals surface area contributed by atoms with Crippen LogP contribution in [0.5, 0.6) is 0 Å². The highest BCUT2D eigenvalue weighted by atomic mass is 19.1. The van der Waals surface area contributed by atoms with Gasteiger partial charge in [0.2, 0.25) is 0 Å². The fourth-order valence-corrected chi connectivity index (χ4v) is 2.87. The van der Waals surface area contributed by atoms with E-state index in [0.717, 1.165) is 18.2 Å². The van der Waals surface area contributed by atoms with Crippen molar-refractivity contribution >= 4 is 23.5 Å². The second kappa shape index (κ2) is 10.1. The van der Waals surface area contributed by atoms with Crippen LogP contribution in [-0.2, 0) is 14.3 Å². The van der Waals surface area contributed by atoms with E-state index in [1.807, 2.05) is 0 Å². The van der Waals surface area contributed by atoms with Crippen molar-refractivity contribution < 1.29 is 33.5 Å². The molecule has 158 valence electrons. The van der Waals surface area contributed by atoms with E-state index in [0.29, 0.717) is 0 Å². The minimum absolute atomic E-state index is 0.0607. The molecule has 2 rings (SSSR count). The number of esters is 1. The van der Waals surface area contributed by atoms with Crippen molar-refractivity contribution in [2.75, 3.05) is 6.61 Å². The summed E-state index contributed by atoms with van der Waals surface area (Å²) in [5, 5.41) is 22.8. The largest absolute Gasteiger partial charge is 0.480 e. The van der Waals surface area contributed by atoms with Gasteiger partial charge < -0.3 is 15.2 Å². The Morgan fingerprint density at radius 2 is 1.80 bits per heavy atom. The minimum Gasteiger partial charge on any atom is -0.480 e. The van der Waals surface area contributed by atoms with Crippen LogP contribution in [0.1, 0.15) is 35.2 Å². The third kappa shape index (κ3) is 5.60. The number of carbonyl (C=O) groups is 3. The zero-order valence-electron chi connectivity index (χ0n) is 15.9. The van der Waals surface area contributed by atoms with Crippen LogP contribution >= 0.6 is 0 Å². The van der Waals surface area contributed by atoms with Crippen LogP contribution < -0.4 is 5.32 Å². The van der Waals surface area contributed by atoms with Gasteiger partial charge in [0.05, 0.1) is 23.5 Å². The standard InChI is InChI=1S/C20H19FN2O7/c1-2-30-17(24)11-15(12-7-9-13(10-8-12)23(28)29)18(20(26)27)22-19(25)14-5-3-4-6-16(14)21/h3-10,15,18H,2,11H2,1H3,(H,22,25)(H,26,27)/t15-,18+/m1/s1. The molecule has 0 saturated carbocycles. The monoisotopic (exact) mass is 418 g/mol. The van der Waals surface area contributed by atoms with Crippen molar-refractivity contribution in [3.05, 3.63) is 75.6 Å². The molecule has 0 saturated heterocycles. The Morgan fingerprint density at radius 1 is 1.17 bits per heavy atom. The number of amides is 1. The quantitative estimate of drug-likeness (QED) is 0.363. The van der Waals surface area contributed by atoms with Crippen LogP contribution in [0.15, 0.2) is 48.5 Å². The van der Waals surface area contributed by atoms with Crippen molar-refractivity contribution in [1.82, 2.24) is 5.32 Å². The summed E-state index contributed by atoms with van der Waals surface area (Å²) in [5.41, 5.74) is -0.326. The minimum atomic E-state index is -1.62. The third-order valence-corrected chi connectivity index (χ3v) is 4.30. The van der Waals surface area contributed by atoms with Crippen molar-refractivity contribution in [3.63, 3.8) is 0 Å². The average Bonchev–Trinajstić information content (AvgIpc) is 2.70. The number of ether oxygens (including phenoxy) is 1. The van der Waals surface area contributed by atoms with Gasteiger partial charge >= 0.3 is 11.9 Å². The highest BCUT2D eigenvalue weighted by Crippen LogP contribution is 2.27. The molecule has 2 aromatic rings. The summed E-state index contributed by atoms with van der Waals surface area (Å²) in [7, 11) is 0. The molecule has 0 bridgehead atoms. The number of nitro groups is 1. The first-order valence-electron chi connectivity index (χ1n) is 8.92. The number of halogens is 1. The van der Waals surface area contributed by atoms with E-state index in [9.17, 15) is 34.0 Å². The molecular formula is C20H19FN2O7. The number of benzene rings is 2. The maximum atomic E-state index is 13.9. The smallest absolute Gasteiger partial charge is 0.326 e. The molecule has 0 fully saturated rings. The Labute approximate surface area is 170 Å². The summed E-state index contributed by atoms with van der Waals surface area (Å²) in [5.74, 6) is -5.11. The van der Waals surface area contributed by atoms with Crippen LogP contribution in [0.2, 0.25) is 0 Å². The van der Waals surface area contributed by atoms with Crippen LogP contribution in [0, 0.1) is 15.9 Å². The lowest BCUT2D eigenvalue weighted by atomic mass is 9.88. The summed E-state index contributed by atoms with van der Waals surface area (Å²) in [4.78, 5) is 46.6. The van der Waals surface area contributed by atoms with Crippen LogP contribution in [0.3, 0.4) is 0 Å². The van der Waals surface area contributed by atoms with E-state index in [-0.39, 0.29) is 23.4 Å². The molecule has 0 spiro atoms. The number of carboxylic acids is 1. The molecule has 0 radical (unpaired) electrons. The Kier molecular flexibility index (Phi) is 7.56. The first kappa shape index (κ1) is 22.5. The molecule has 0 unspecified atom stereocenters. The lowest BCUT2D eigenvalue weighted by molar-refractivity contribution is -0.384. The normalized spacial score (nSPS) is 12.5. The second-order valence-electron chi connectivity index (χ2n) is 6.23. The third-order valence-electron chi connectivity index (χ3n) is 4.30. The fraction of sp³-hybridized carbons (Fsp3) is 0.250. The van der Waals surface area contributed by atoms with Crippen molar-refractivity contribution in [1.29, 1.82) is 0 Å². The van der Waals surface area contributed by atoms with Gasteiger partial charge in [-0.2, -0.15) is 0 Å². The van der Waals surface area contributed by atoms with Crippen molar-refractivity contribution in [3.8, 4) is 0 Å². The first-order valence-corrected chi connectivity index (χ1v) is 8.92. The maximum absolute atomic E-state index is 13.9. The maximum Gasteiger partial charge on any atom is 0.326 e. The molecule has 0 aliphatic rings. The van der Waals surface area contributed by atoms with Crippen LogP contribution in [-0.4, -0.2) is 40.5 Å². The van der Waals surface area contributed by atoms with Crippen molar-refractivity contribution in [2.24, 2.45) is 0 Å². The molecule has 0 aliphatic heterocycles. The summed E-state index contributed by atoms with van der Waals surface area (Å²) >= 11 is 0. The Hall–Kier alpha value is -3.82. The molecule has 30 heavy (non-hydrogen) atoms. The molecule has 2 N–H and O–H groups in total.